The monoisotopic (exact) mass is 466 g/mol. The van der Waals surface area contributed by atoms with Gasteiger partial charge in [-0.25, -0.2) is 14.0 Å². The highest BCUT2D eigenvalue weighted by Crippen LogP contribution is 2.29. The molecule has 0 spiro atoms. The topological polar surface area (TPSA) is 71.1 Å². The van der Waals surface area contributed by atoms with Gasteiger partial charge in [0.15, 0.2) is 0 Å². The van der Waals surface area contributed by atoms with Gasteiger partial charge in [-0.2, -0.15) is 0 Å². The SMILES string of the molecule is C=CC(=O)OC(C)=C(C)Oc1ccc(-c2ccc(OC(C)=C(C)OC(=O)C(=C)C)cc2F)cc1. The zero-order chi connectivity index (χ0) is 25.4. The maximum atomic E-state index is 14.8. The predicted octanol–water partition coefficient (Wildman–Crippen LogP) is 6.60. The van der Waals surface area contributed by atoms with Crippen LogP contribution in [0.4, 0.5) is 4.39 Å². The highest BCUT2D eigenvalue weighted by atomic mass is 19.1. The van der Waals surface area contributed by atoms with E-state index < -0.39 is 17.8 Å². The van der Waals surface area contributed by atoms with Gasteiger partial charge >= 0.3 is 11.9 Å². The van der Waals surface area contributed by atoms with Crippen molar-refractivity contribution < 1.29 is 32.9 Å². The molecule has 2 aromatic rings. The van der Waals surface area contributed by atoms with Crippen LogP contribution in [0, 0.1) is 5.82 Å². The van der Waals surface area contributed by atoms with Gasteiger partial charge in [-0.1, -0.05) is 25.3 Å². The minimum Gasteiger partial charge on any atom is -0.459 e. The second kappa shape index (κ2) is 11.7. The molecule has 0 N–H and O–H groups in total. The van der Waals surface area contributed by atoms with E-state index in [1.165, 1.54) is 6.07 Å². The Morgan fingerprint density at radius 1 is 0.794 bits per heavy atom. The fraction of sp³-hybridized carbons (Fsp3) is 0.185. The van der Waals surface area contributed by atoms with Gasteiger partial charge in [0.05, 0.1) is 0 Å². The molecule has 0 atom stereocenters. The number of carbonyl (C=O) groups is 2. The zero-order valence-electron chi connectivity index (χ0n) is 19.9. The number of esters is 2. The number of carbonyl (C=O) groups excluding carboxylic acids is 2. The number of hydrogen-bond donors (Lipinski definition) is 0. The van der Waals surface area contributed by atoms with Crippen LogP contribution in [-0.4, -0.2) is 11.9 Å². The van der Waals surface area contributed by atoms with Crippen LogP contribution in [0.3, 0.4) is 0 Å². The summed E-state index contributed by atoms with van der Waals surface area (Å²) in [6.45, 7) is 14.9. The molecule has 7 heteroatoms. The third kappa shape index (κ3) is 7.20. The Balaban J connectivity index is 2.13. The van der Waals surface area contributed by atoms with Gasteiger partial charge in [0.2, 0.25) is 0 Å². The number of rotatable bonds is 9. The molecule has 0 heterocycles. The normalized spacial score (nSPS) is 12.1. The minimum atomic E-state index is -0.576. The maximum absolute atomic E-state index is 14.8. The van der Waals surface area contributed by atoms with Crippen molar-refractivity contribution in [3.8, 4) is 22.6 Å². The molecule has 34 heavy (non-hydrogen) atoms. The summed E-state index contributed by atoms with van der Waals surface area (Å²) < 4.78 is 36.2. The molecule has 0 unspecified atom stereocenters. The number of benzene rings is 2. The van der Waals surface area contributed by atoms with Crippen molar-refractivity contribution in [3.05, 3.63) is 96.1 Å². The molecular formula is C27H27FO6. The van der Waals surface area contributed by atoms with E-state index in [1.54, 1.807) is 71.0 Å². The number of allylic oxidation sites excluding steroid dienone is 4. The van der Waals surface area contributed by atoms with Gasteiger partial charge < -0.3 is 18.9 Å². The van der Waals surface area contributed by atoms with Gasteiger partial charge in [0, 0.05) is 23.3 Å². The van der Waals surface area contributed by atoms with E-state index in [9.17, 15) is 14.0 Å². The highest BCUT2D eigenvalue weighted by Gasteiger charge is 2.12. The van der Waals surface area contributed by atoms with Crippen molar-refractivity contribution in [2.24, 2.45) is 0 Å². The van der Waals surface area contributed by atoms with E-state index in [1.807, 2.05) is 0 Å². The average Bonchev–Trinajstić information content (AvgIpc) is 2.79. The summed E-state index contributed by atoms with van der Waals surface area (Å²) in [6, 6.07) is 11.2. The first-order chi connectivity index (χ1) is 16.0. The Bertz CT molecular complexity index is 1170. The summed E-state index contributed by atoms with van der Waals surface area (Å²) in [4.78, 5) is 22.9. The molecule has 0 saturated carbocycles. The molecule has 6 nitrogen and oxygen atoms in total. The standard InChI is InChI=1S/C27H27FO6/c1-8-26(29)33-19(6)17(4)31-22-11-9-21(10-12-22)24-14-13-23(15-25(24)28)32-18(5)20(7)34-27(30)16(2)3/h8-15H,1-2H2,3-7H3. The largest absolute Gasteiger partial charge is 0.459 e. The lowest BCUT2D eigenvalue weighted by atomic mass is 10.0. The molecule has 0 radical (unpaired) electrons. The van der Waals surface area contributed by atoms with E-state index in [4.69, 9.17) is 18.9 Å². The number of halogens is 1. The zero-order valence-corrected chi connectivity index (χ0v) is 19.9. The quantitative estimate of drug-likeness (QED) is 0.236. The number of hydrogen-bond acceptors (Lipinski definition) is 6. The molecule has 0 fully saturated rings. The van der Waals surface area contributed by atoms with E-state index in [2.05, 4.69) is 13.2 Å². The van der Waals surface area contributed by atoms with Gasteiger partial charge in [0.1, 0.15) is 40.4 Å². The number of ether oxygens (including phenoxy) is 4. The summed E-state index contributed by atoms with van der Waals surface area (Å²) >= 11 is 0. The van der Waals surface area contributed by atoms with Crippen LogP contribution in [0.2, 0.25) is 0 Å². The first-order valence-electron chi connectivity index (χ1n) is 10.3. The Labute approximate surface area is 198 Å². The van der Waals surface area contributed by atoms with E-state index >= 15 is 0 Å². The van der Waals surface area contributed by atoms with E-state index in [0.717, 1.165) is 6.08 Å². The van der Waals surface area contributed by atoms with Crippen LogP contribution >= 0.6 is 0 Å². The van der Waals surface area contributed by atoms with Crippen LogP contribution in [0.25, 0.3) is 11.1 Å². The summed E-state index contributed by atoms with van der Waals surface area (Å²) in [6.07, 6.45) is 1.06. The van der Waals surface area contributed by atoms with Crippen LogP contribution in [0.5, 0.6) is 11.5 Å². The lowest BCUT2D eigenvalue weighted by Crippen LogP contribution is -2.06. The van der Waals surface area contributed by atoms with E-state index in [-0.39, 0.29) is 17.1 Å². The summed E-state index contributed by atoms with van der Waals surface area (Å²) in [5.74, 6) is 0.422. The van der Waals surface area contributed by atoms with Gasteiger partial charge in [0.25, 0.3) is 0 Å². The Hall–Kier alpha value is -4.13. The van der Waals surface area contributed by atoms with Crippen molar-refractivity contribution in [3.63, 3.8) is 0 Å². The molecule has 2 rings (SSSR count). The second-order valence-electron chi connectivity index (χ2n) is 7.39. The lowest BCUT2D eigenvalue weighted by Gasteiger charge is -2.12. The molecule has 2 aromatic carbocycles. The maximum Gasteiger partial charge on any atom is 0.338 e. The van der Waals surface area contributed by atoms with Crippen molar-refractivity contribution in [2.45, 2.75) is 34.6 Å². The van der Waals surface area contributed by atoms with Crippen LogP contribution < -0.4 is 9.47 Å². The molecule has 0 saturated heterocycles. The van der Waals surface area contributed by atoms with Gasteiger partial charge in [-0.05, 0) is 64.4 Å². The molecule has 0 aliphatic rings. The fourth-order valence-electron chi connectivity index (χ4n) is 2.56. The average molecular weight is 467 g/mol. The molecule has 0 bridgehead atoms. The summed E-state index contributed by atoms with van der Waals surface area (Å²) in [7, 11) is 0. The Morgan fingerprint density at radius 3 is 1.85 bits per heavy atom. The van der Waals surface area contributed by atoms with Gasteiger partial charge in [-0.15, -0.1) is 0 Å². The van der Waals surface area contributed by atoms with Crippen molar-refractivity contribution in [1.29, 1.82) is 0 Å². The van der Waals surface area contributed by atoms with Crippen molar-refractivity contribution in [1.82, 2.24) is 0 Å². The highest BCUT2D eigenvalue weighted by molar-refractivity contribution is 5.87. The van der Waals surface area contributed by atoms with Crippen LogP contribution in [-0.2, 0) is 19.1 Å². The first-order valence-corrected chi connectivity index (χ1v) is 10.3. The molecule has 178 valence electrons. The first kappa shape index (κ1) is 26.1. The van der Waals surface area contributed by atoms with Crippen LogP contribution in [0.15, 0.2) is 90.3 Å². The third-order valence-electron chi connectivity index (χ3n) is 4.65. The minimum absolute atomic E-state index is 0.256. The molecule has 0 aliphatic carbocycles. The predicted molar refractivity (Wildman–Crippen MR) is 127 cm³/mol. The molecular weight excluding hydrogens is 439 g/mol. The summed E-state index contributed by atoms with van der Waals surface area (Å²) in [5.41, 5.74) is 1.26. The van der Waals surface area contributed by atoms with Crippen LogP contribution in [0.1, 0.15) is 34.6 Å². The smallest absolute Gasteiger partial charge is 0.338 e. The fourth-order valence-corrected chi connectivity index (χ4v) is 2.56. The third-order valence-corrected chi connectivity index (χ3v) is 4.65. The van der Waals surface area contributed by atoms with Crippen molar-refractivity contribution >= 4 is 11.9 Å². The Morgan fingerprint density at radius 2 is 1.32 bits per heavy atom. The summed E-state index contributed by atoms with van der Waals surface area (Å²) in [5, 5.41) is 0. The molecule has 0 aromatic heterocycles. The van der Waals surface area contributed by atoms with Gasteiger partial charge in [-0.3, -0.25) is 0 Å². The second-order valence-corrected chi connectivity index (χ2v) is 7.39. The molecule has 0 aliphatic heterocycles. The Kier molecular flexibility index (Phi) is 8.95. The van der Waals surface area contributed by atoms with Crippen molar-refractivity contribution in [2.75, 3.05) is 0 Å². The van der Waals surface area contributed by atoms with E-state index in [0.29, 0.717) is 34.2 Å². The lowest BCUT2D eigenvalue weighted by molar-refractivity contribution is -0.135. The molecule has 0 amide bonds.